The Morgan fingerprint density at radius 3 is 2.62 bits per heavy atom. The molecule has 4 saturated heterocycles. The van der Waals surface area contributed by atoms with E-state index in [4.69, 9.17) is 4.74 Å². The van der Waals surface area contributed by atoms with Crippen LogP contribution >= 0.6 is 0 Å². The van der Waals surface area contributed by atoms with E-state index < -0.39 is 17.1 Å². The van der Waals surface area contributed by atoms with Gasteiger partial charge in [-0.3, -0.25) is 9.69 Å². The third-order valence-corrected chi connectivity index (χ3v) is 14.1. The average molecular weight is 470 g/mol. The molecular formula is C30H47NO3. The maximum absolute atomic E-state index is 13.1. The fraction of sp³-hybridized carbons (Fsp3) is 0.967. The summed E-state index contributed by atoms with van der Waals surface area (Å²) >= 11 is 0. The Bertz CT molecular complexity index is 919. The number of aliphatic hydroxyl groups excluding tert-OH is 1. The van der Waals surface area contributed by atoms with Crippen molar-refractivity contribution in [1.82, 2.24) is 4.90 Å². The van der Waals surface area contributed by atoms with Gasteiger partial charge in [-0.1, -0.05) is 27.2 Å². The van der Waals surface area contributed by atoms with E-state index in [0.29, 0.717) is 22.8 Å². The van der Waals surface area contributed by atoms with Gasteiger partial charge in [0.15, 0.2) is 0 Å². The smallest absolute Gasteiger partial charge is 0.315 e. The maximum Gasteiger partial charge on any atom is 0.315 e. The lowest BCUT2D eigenvalue weighted by atomic mass is 9.41. The molecule has 0 radical (unpaired) electrons. The Labute approximate surface area is 206 Å². The average Bonchev–Trinajstić information content (AvgIpc) is 3.31. The second-order valence-electron chi connectivity index (χ2n) is 14.9. The molecule has 1 unspecified atom stereocenters. The predicted octanol–water partition coefficient (Wildman–Crippen LogP) is 5.56. The monoisotopic (exact) mass is 469 g/mol. The number of ether oxygens (including phenoxy) is 1. The molecule has 7 aliphatic rings. The number of esters is 1. The molecule has 4 heteroatoms. The van der Waals surface area contributed by atoms with E-state index in [1.807, 2.05) is 6.92 Å². The van der Waals surface area contributed by atoms with Crippen LogP contribution < -0.4 is 0 Å². The molecule has 0 aromatic rings. The van der Waals surface area contributed by atoms with Crippen LogP contribution in [0.4, 0.5) is 0 Å². The summed E-state index contributed by atoms with van der Waals surface area (Å²) in [6.07, 6.45) is 13.1. The molecule has 3 saturated carbocycles. The highest BCUT2D eigenvalue weighted by Gasteiger charge is 2.80. The molecule has 190 valence electrons. The highest BCUT2D eigenvalue weighted by molar-refractivity contribution is 5.81. The third kappa shape index (κ3) is 2.22. The maximum atomic E-state index is 13.1. The van der Waals surface area contributed by atoms with Crippen LogP contribution in [0.25, 0.3) is 0 Å². The zero-order valence-electron chi connectivity index (χ0n) is 22.2. The van der Waals surface area contributed by atoms with Gasteiger partial charge in [-0.2, -0.15) is 0 Å². The van der Waals surface area contributed by atoms with E-state index in [-0.39, 0.29) is 11.9 Å². The first-order valence-electron chi connectivity index (χ1n) is 14.7. The van der Waals surface area contributed by atoms with Crippen LogP contribution in [0.2, 0.25) is 0 Å². The Balaban J connectivity index is 1.34. The SMILES string of the molecule is CC(C)[C@@H]1CC[C@@]2(C)[C@H]3CC[C@]45CCC[C@H]4[C@@]2(CC[C@@H]2[C@]4(C)C(=O)O[C@]2(C)CC[C@@H]4O)[C@H]1N5C3. The summed E-state index contributed by atoms with van der Waals surface area (Å²) < 4.78 is 6.08. The van der Waals surface area contributed by atoms with Crippen LogP contribution in [0, 0.1) is 45.8 Å². The van der Waals surface area contributed by atoms with Crippen molar-refractivity contribution in [3.63, 3.8) is 0 Å². The van der Waals surface area contributed by atoms with Crippen LogP contribution in [0.1, 0.15) is 105 Å². The first-order valence-corrected chi connectivity index (χ1v) is 14.7. The molecule has 4 nitrogen and oxygen atoms in total. The van der Waals surface area contributed by atoms with Gasteiger partial charge in [0, 0.05) is 24.0 Å². The molecule has 12 atom stereocenters. The van der Waals surface area contributed by atoms with Crippen LogP contribution in [0.15, 0.2) is 0 Å². The summed E-state index contributed by atoms with van der Waals surface area (Å²) in [5.74, 6) is 3.20. The van der Waals surface area contributed by atoms with E-state index >= 15 is 0 Å². The second kappa shape index (κ2) is 6.63. The molecule has 1 spiro atoms. The number of carbonyl (C=O) groups excluding carboxylic acids is 1. The highest BCUT2D eigenvalue weighted by atomic mass is 16.6. The summed E-state index contributed by atoms with van der Waals surface area (Å²) in [7, 11) is 0. The van der Waals surface area contributed by atoms with Crippen molar-refractivity contribution in [3.8, 4) is 0 Å². The standard InChI is InChI=1S/C30H47NO3/c1-18(2)20-9-13-26(3)19-8-15-29-12-6-7-22(29)30(26,24(20)31(29)17-19)16-10-21-27(4)14-11-23(32)28(21,5)25(33)34-27/h18-24,32H,6-17H2,1-5H3/t19-,20-,21-,22+,23-,24-,26-,27+,28-,29+,30-/m0/s1. The van der Waals surface area contributed by atoms with Crippen molar-refractivity contribution >= 4 is 5.97 Å². The number of hydrogen-bond acceptors (Lipinski definition) is 4. The largest absolute Gasteiger partial charge is 0.459 e. The lowest BCUT2D eigenvalue weighted by Gasteiger charge is -2.67. The number of nitrogens with zero attached hydrogens (tertiary/aromatic N) is 1. The van der Waals surface area contributed by atoms with Gasteiger partial charge in [-0.05, 0) is 113 Å². The summed E-state index contributed by atoms with van der Waals surface area (Å²) in [6.45, 7) is 13.2. The molecule has 3 aliphatic carbocycles. The third-order valence-electron chi connectivity index (χ3n) is 14.1. The Morgan fingerprint density at radius 2 is 1.85 bits per heavy atom. The minimum atomic E-state index is -0.726. The number of rotatable bonds is 4. The van der Waals surface area contributed by atoms with Gasteiger partial charge < -0.3 is 9.84 Å². The number of aliphatic hydroxyl groups is 1. The summed E-state index contributed by atoms with van der Waals surface area (Å²) in [6, 6.07) is 0.719. The van der Waals surface area contributed by atoms with E-state index in [9.17, 15) is 9.90 Å². The lowest BCUT2D eigenvalue weighted by molar-refractivity contribution is -0.186. The normalized spacial score (nSPS) is 61.1. The number of hydrogen-bond donors (Lipinski definition) is 1. The van der Waals surface area contributed by atoms with Gasteiger partial charge in [0.2, 0.25) is 0 Å². The number of piperidine rings is 2. The van der Waals surface area contributed by atoms with Crippen LogP contribution in [0.3, 0.4) is 0 Å². The van der Waals surface area contributed by atoms with E-state index in [1.165, 1.54) is 57.9 Å². The van der Waals surface area contributed by atoms with Crippen molar-refractivity contribution in [2.24, 2.45) is 45.8 Å². The fourth-order valence-corrected chi connectivity index (χ4v) is 12.5. The first kappa shape index (κ1) is 22.6. The first-order chi connectivity index (χ1) is 16.0. The summed E-state index contributed by atoms with van der Waals surface area (Å²) in [4.78, 5) is 16.2. The van der Waals surface area contributed by atoms with Crippen LogP contribution in [-0.4, -0.2) is 45.8 Å². The zero-order valence-corrected chi connectivity index (χ0v) is 22.2. The van der Waals surface area contributed by atoms with Gasteiger partial charge in [-0.15, -0.1) is 0 Å². The Morgan fingerprint density at radius 1 is 1.06 bits per heavy atom. The van der Waals surface area contributed by atoms with Crippen molar-refractivity contribution in [2.45, 2.75) is 129 Å². The minimum absolute atomic E-state index is 0.136. The van der Waals surface area contributed by atoms with Crippen molar-refractivity contribution in [3.05, 3.63) is 0 Å². The molecule has 0 amide bonds. The molecule has 7 fully saturated rings. The summed E-state index contributed by atoms with van der Waals surface area (Å²) in [5, 5.41) is 11.0. The Kier molecular flexibility index (Phi) is 4.40. The minimum Gasteiger partial charge on any atom is -0.459 e. The molecule has 34 heavy (non-hydrogen) atoms. The summed E-state index contributed by atoms with van der Waals surface area (Å²) in [5.41, 5.74) is 0.131. The topological polar surface area (TPSA) is 49.8 Å². The molecule has 0 aromatic carbocycles. The lowest BCUT2D eigenvalue weighted by Crippen LogP contribution is -2.68. The highest BCUT2D eigenvalue weighted by Crippen LogP contribution is 2.79. The second-order valence-corrected chi connectivity index (χ2v) is 14.9. The molecule has 4 aliphatic heterocycles. The van der Waals surface area contributed by atoms with Crippen molar-refractivity contribution in [1.29, 1.82) is 0 Å². The zero-order chi connectivity index (χ0) is 23.9. The fourth-order valence-electron chi connectivity index (χ4n) is 12.5. The van der Waals surface area contributed by atoms with Gasteiger partial charge in [0.05, 0.1) is 11.5 Å². The molecular weight excluding hydrogens is 422 g/mol. The Hall–Kier alpha value is -0.610. The molecule has 4 heterocycles. The molecule has 0 aromatic heterocycles. The predicted molar refractivity (Wildman–Crippen MR) is 132 cm³/mol. The van der Waals surface area contributed by atoms with Crippen LogP contribution in [0.5, 0.6) is 0 Å². The van der Waals surface area contributed by atoms with Gasteiger partial charge in [0.25, 0.3) is 0 Å². The molecule has 7 rings (SSSR count). The van der Waals surface area contributed by atoms with E-state index in [1.54, 1.807) is 0 Å². The molecule has 1 N–H and O–H groups in total. The quantitative estimate of drug-likeness (QED) is 0.547. The van der Waals surface area contributed by atoms with E-state index in [0.717, 1.165) is 42.6 Å². The number of carbonyl (C=O) groups is 1. The van der Waals surface area contributed by atoms with Gasteiger partial charge >= 0.3 is 5.97 Å². The molecule has 7 bridgehead atoms. The van der Waals surface area contributed by atoms with E-state index in [2.05, 4.69) is 32.6 Å². The van der Waals surface area contributed by atoms with Gasteiger partial charge in [-0.25, -0.2) is 0 Å². The van der Waals surface area contributed by atoms with Crippen molar-refractivity contribution < 1.29 is 14.6 Å². The number of fused-ring (bicyclic) bond motifs is 4. The van der Waals surface area contributed by atoms with Crippen LogP contribution in [-0.2, 0) is 9.53 Å². The van der Waals surface area contributed by atoms with Gasteiger partial charge in [0.1, 0.15) is 5.60 Å². The van der Waals surface area contributed by atoms with Crippen molar-refractivity contribution in [2.75, 3.05) is 6.54 Å².